The predicted octanol–water partition coefficient (Wildman–Crippen LogP) is 9.47. The van der Waals surface area contributed by atoms with Gasteiger partial charge in [0.1, 0.15) is 19.8 Å². The van der Waals surface area contributed by atoms with Crippen LogP contribution in [0.5, 0.6) is 0 Å². The molecule has 0 amide bonds. The molecule has 3 unspecified atom stereocenters. The van der Waals surface area contributed by atoms with Crippen LogP contribution in [0.4, 0.5) is 0 Å². The van der Waals surface area contributed by atoms with E-state index in [2.05, 4.69) is 19.9 Å². The molecule has 0 aliphatic heterocycles. The Hall–Kier alpha value is -2.07. The van der Waals surface area contributed by atoms with Gasteiger partial charge in [0.25, 0.3) is 7.82 Å². The van der Waals surface area contributed by atoms with Crippen molar-refractivity contribution in [3.05, 3.63) is 48.6 Å². The minimum atomic E-state index is -4.65. The Morgan fingerprint density at radius 1 is 0.698 bits per heavy atom. The van der Waals surface area contributed by atoms with Crippen LogP contribution >= 0.6 is 7.82 Å². The lowest BCUT2D eigenvalue weighted by Crippen LogP contribution is -2.37. The number of likely N-dealkylation sites (N-methyl/N-ethyl adjacent to an activating group) is 1. The molecule has 1 N–H and O–H groups in total. The Bertz CT molecular complexity index is 1070. The lowest BCUT2D eigenvalue weighted by Gasteiger charge is -2.28. The van der Waals surface area contributed by atoms with Gasteiger partial charge < -0.3 is 33.0 Å². The number of nitrogens with zero attached hydrogens (tertiary/aromatic N) is 1. The Morgan fingerprint density at radius 3 is 1.94 bits per heavy atom. The molecule has 0 aliphatic rings. The monoisotopic (exact) mass is 770 g/mol. The fourth-order valence-corrected chi connectivity index (χ4v) is 5.87. The average Bonchev–Trinajstić information content (AvgIpc) is 3.10. The number of phosphoric ester groups is 1. The maximum Gasteiger partial charge on any atom is 0.306 e. The molecule has 0 spiro atoms. The van der Waals surface area contributed by atoms with Crippen molar-refractivity contribution in [1.29, 1.82) is 0 Å². The van der Waals surface area contributed by atoms with E-state index >= 15 is 0 Å². The first-order valence-corrected chi connectivity index (χ1v) is 21.9. The summed E-state index contributed by atoms with van der Waals surface area (Å²) >= 11 is 0. The van der Waals surface area contributed by atoms with Crippen molar-refractivity contribution in [2.24, 2.45) is 0 Å². The van der Waals surface area contributed by atoms with Gasteiger partial charge in [-0.05, 0) is 44.9 Å². The molecule has 0 radical (unpaired) electrons. The second-order valence-electron chi connectivity index (χ2n) is 14.9. The third-order valence-electron chi connectivity index (χ3n) is 8.43. The number of carbonyl (C=O) groups excluding carboxylic acids is 2. The van der Waals surface area contributed by atoms with Crippen LogP contribution in [0.1, 0.15) is 149 Å². The first kappa shape index (κ1) is 50.9. The minimum absolute atomic E-state index is 0.0526. The van der Waals surface area contributed by atoms with Gasteiger partial charge in [-0.15, -0.1) is 0 Å². The standard InChI is InChI=1S/C42H76NO9P/c1-6-8-10-12-14-15-16-17-21-25-29-33-41(45)49-37-40(38-51-53(47,48)50-36-35-43(3,4)5)52-42(46)34-30-26-22-19-18-20-24-28-32-39(44)31-27-23-13-11-9-7-2/h19-20,22-24,27-28,32,39-40,44H,6-18,21,25-26,29-31,33-38H2,1-5H3/b22-19-,24-20-,27-23-,32-28+. The fourth-order valence-electron chi connectivity index (χ4n) is 5.14. The van der Waals surface area contributed by atoms with Crippen molar-refractivity contribution in [1.82, 2.24) is 0 Å². The highest BCUT2D eigenvalue weighted by atomic mass is 31.2. The normalized spacial score (nSPS) is 14.8. The minimum Gasteiger partial charge on any atom is -0.756 e. The number of unbranched alkanes of at least 4 members (excludes halogenated alkanes) is 14. The van der Waals surface area contributed by atoms with E-state index in [0.717, 1.165) is 32.1 Å². The van der Waals surface area contributed by atoms with E-state index in [9.17, 15) is 24.2 Å². The zero-order valence-corrected chi connectivity index (χ0v) is 35.0. The topological polar surface area (TPSA) is 131 Å². The van der Waals surface area contributed by atoms with Gasteiger partial charge in [-0.25, -0.2) is 0 Å². The SMILES string of the molecule is CCCCC/C=C\CC(O)/C=C/C=C\C/C=C\CCCC(=O)OC(COC(=O)CCCCCCCCCCCCC)COP(=O)([O-])OCC[N+](C)(C)C. The molecular formula is C42H76NO9P. The maximum atomic E-state index is 12.6. The molecule has 0 saturated carbocycles. The number of phosphoric acid groups is 1. The highest BCUT2D eigenvalue weighted by molar-refractivity contribution is 7.45. The summed E-state index contributed by atoms with van der Waals surface area (Å²) in [6, 6.07) is 0. The zero-order valence-electron chi connectivity index (χ0n) is 34.1. The van der Waals surface area contributed by atoms with Crippen molar-refractivity contribution in [3.8, 4) is 0 Å². The predicted molar refractivity (Wildman–Crippen MR) is 214 cm³/mol. The molecule has 0 fully saturated rings. The molecule has 10 nitrogen and oxygen atoms in total. The highest BCUT2D eigenvalue weighted by Crippen LogP contribution is 2.38. The lowest BCUT2D eigenvalue weighted by molar-refractivity contribution is -0.870. The number of allylic oxidation sites excluding steroid dienone is 6. The molecule has 0 aromatic carbocycles. The van der Waals surface area contributed by atoms with Crippen molar-refractivity contribution < 1.29 is 47.2 Å². The molecule has 0 aromatic rings. The number of hydrogen-bond acceptors (Lipinski definition) is 9. The molecule has 0 aromatic heterocycles. The molecule has 0 heterocycles. The number of aliphatic hydroxyl groups excluding tert-OH is 1. The smallest absolute Gasteiger partial charge is 0.306 e. The summed E-state index contributed by atoms with van der Waals surface area (Å²) in [6.45, 7) is 4.01. The van der Waals surface area contributed by atoms with Gasteiger partial charge in [0.15, 0.2) is 6.10 Å². The number of hydrogen-bond donors (Lipinski definition) is 1. The third-order valence-corrected chi connectivity index (χ3v) is 9.40. The van der Waals surface area contributed by atoms with Gasteiger partial charge in [-0.1, -0.05) is 140 Å². The summed E-state index contributed by atoms with van der Waals surface area (Å²) in [4.78, 5) is 37.4. The number of aliphatic hydroxyl groups is 1. The second kappa shape index (κ2) is 34.4. The van der Waals surface area contributed by atoms with Crippen LogP contribution in [-0.4, -0.2) is 81.2 Å². The zero-order chi connectivity index (χ0) is 39.5. The van der Waals surface area contributed by atoms with Gasteiger partial charge in [-0.2, -0.15) is 0 Å². The quantitative estimate of drug-likeness (QED) is 0.0165. The van der Waals surface area contributed by atoms with E-state index in [0.29, 0.717) is 36.7 Å². The molecule has 53 heavy (non-hydrogen) atoms. The van der Waals surface area contributed by atoms with Crippen LogP contribution in [-0.2, 0) is 32.7 Å². The van der Waals surface area contributed by atoms with Gasteiger partial charge in [-0.3, -0.25) is 14.2 Å². The van der Waals surface area contributed by atoms with Crippen molar-refractivity contribution >= 4 is 19.8 Å². The van der Waals surface area contributed by atoms with Crippen LogP contribution in [0.15, 0.2) is 48.6 Å². The first-order chi connectivity index (χ1) is 25.4. The molecule has 0 saturated heterocycles. The molecule has 0 bridgehead atoms. The summed E-state index contributed by atoms with van der Waals surface area (Å²) in [6.07, 6.45) is 34.6. The Balaban J connectivity index is 4.58. The molecule has 0 rings (SSSR count). The highest BCUT2D eigenvalue weighted by Gasteiger charge is 2.21. The van der Waals surface area contributed by atoms with Crippen LogP contribution < -0.4 is 4.89 Å². The largest absolute Gasteiger partial charge is 0.756 e. The number of rotatable bonds is 36. The van der Waals surface area contributed by atoms with Gasteiger partial charge in [0, 0.05) is 12.8 Å². The second-order valence-corrected chi connectivity index (χ2v) is 16.3. The van der Waals surface area contributed by atoms with E-state index in [4.69, 9.17) is 18.5 Å². The molecule has 0 aliphatic carbocycles. The van der Waals surface area contributed by atoms with E-state index < -0.39 is 38.6 Å². The number of quaternary nitrogens is 1. The third kappa shape index (κ3) is 38.0. The Morgan fingerprint density at radius 2 is 1.28 bits per heavy atom. The number of esters is 2. The Labute approximate surface area is 323 Å². The number of carbonyl (C=O) groups is 2. The molecular weight excluding hydrogens is 693 g/mol. The van der Waals surface area contributed by atoms with E-state index in [1.54, 1.807) is 6.08 Å². The molecule has 11 heteroatoms. The van der Waals surface area contributed by atoms with E-state index in [-0.39, 0.29) is 26.1 Å². The fraction of sp³-hybridized carbons (Fsp3) is 0.762. The van der Waals surface area contributed by atoms with Gasteiger partial charge in [0.2, 0.25) is 0 Å². The molecule has 3 atom stereocenters. The summed E-state index contributed by atoms with van der Waals surface area (Å²) in [5.41, 5.74) is 0. The van der Waals surface area contributed by atoms with Crippen LogP contribution in [0.25, 0.3) is 0 Å². The summed E-state index contributed by atoms with van der Waals surface area (Å²) in [7, 11) is 1.09. The van der Waals surface area contributed by atoms with E-state index in [1.165, 1.54) is 64.2 Å². The lowest BCUT2D eigenvalue weighted by atomic mass is 10.1. The van der Waals surface area contributed by atoms with Crippen molar-refractivity contribution in [2.45, 2.75) is 161 Å². The first-order valence-electron chi connectivity index (χ1n) is 20.5. The van der Waals surface area contributed by atoms with Crippen LogP contribution in [0, 0.1) is 0 Å². The van der Waals surface area contributed by atoms with Crippen LogP contribution in [0.2, 0.25) is 0 Å². The van der Waals surface area contributed by atoms with Crippen LogP contribution in [0.3, 0.4) is 0 Å². The number of ether oxygens (including phenoxy) is 2. The van der Waals surface area contributed by atoms with Crippen molar-refractivity contribution in [2.75, 3.05) is 47.5 Å². The van der Waals surface area contributed by atoms with Crippen molar-refractivity contribution in [3.63, 3.8) is 0 Å². The van der Waals surface area contributed by atoms with Gasteiger partial charge >= 0.3 is 11.9 Å². The summed E-state index contributed by atoms with van der Waals surface area (Å²) in [5, 5.41) is 10.0. The van der Waals surface area contributed by atoms with E-state index in [1.807, 2.05) is 57.6 Å². The Kier molecular flexibility index (Phi) is 33.1. The average molecular weight is 770 g/mol. The molecule has 308 valence electrons. The maximum absolute atomic E-state index is 12.6. The van der Waals surface area contributed by atoms with Gasteiger partial charge in [0.05, 0.1) is 33.9 Å². The summed E-state index contributed by atoms with van der Waals surface area (Å²) < 4.78 is 33.7. The summed E-state index contributed by atoms with van der Waals surface area (Å²) in [5.74, 6) is -0.942.